The van der Waals surface area contributed by atoms with Gasteiger partial charge in [0, 0.05) is 5.54 Å². The highest BCUT2D eigenvalue weighted by molar-refractivity contribution is 7.89. The second-order valence-electron chi connectivity index (χ2n) is 5.12. The van der Waals surface area contributed by atoms with Crippen LogP contribution in [0.3, 0.4) is 0 Å². The number of hydrogen-bond acceptors (Lipinski definition) is 5. The molecule has 0 spiro atoms. The molecule has 1 rings (SSSR count). The van der Waals surface area contributed by atoms with Gasteiger partial charge in [0.15, 0.2) is 0 Å². The highest BCUT2D eigenvalue weighted by Gasteiger charge is 2.28. The Hall–Kier alpha value is -1.60. The van der Waals surface area contributed by atoms with Crippen LogP contribution in [0.1, 0.15) is 44.0 Å². The third-order valence-corrected chi connectivity index (χ3v) is 5.37. The zero-order chi connectivity index (χ0) is 16.3. The average Bonchev–Trinajstić information content (AvgIpc) is 2.45. The van der Waals surface area contributed by atoms with E-state index in [4.69, 9.17) is 5.73 Å². The number of nitrogen functional groups attached to an aromatic ring is 1. The van der Waals surface area contributed by atoms with E-state index in [1.807, 2.05) is 20.8 Å². The largest absolute Gasteiger partial charge is 0.465 e. The number of ether oxygens (including phenoxy) is 1. The lowest BCUT2D eigenvalue weighted by molar-refractivity contribution is 0.0600. The lowest BCUT2D eigenvalue weighted by Crippen LogP contribution is -2.44. The summed E-state index contributed by atoms with van der Waals surface area (Å²) >= 11 is 0. The van der Waals surface area contributed by atoms with Crippen LogP contribution in [0.2, 0.25) is 0 Å². The zero-order valence-electron chi connectivity index (χ0n) is 12.8. The highest BCUT2D eigenvalue weighted by Crippen LogP contribution is 2.24. The number of anilines is 1. The van der Waals surface area contributed by atoms with Crippen molar-refractivity contribution in [3.8, 4) is 0 Å². The zero-order valence-corrected chi connectivity index (χ0v) is 13.6. The monoisotopic (exact) mass is 314 g/mol. The fourth-order valence-corrected chi connectivity index (χ4v) is 3.48. The Bertz CT molecular complexity index is 622. The van der Waals surface area contributed by atoms with Crippen LogP contribution in [0, 0.1) is 0 Å². The lowest BCUT2D eigenvalue weighted by Gasteiger charge is -2.28. The molecular weight excluding hydrogens is 292 g/mol. The second kappa shape index (κ2) is 6.44. The SMILES string of the molecule is CCC(C)(CC)NS(=O)(=O)c1ccc(C(=O)OC)cc1N. The fourth-order valence-electron chi connectivity index (χ4n) is 1.81. The number of sulfonamides is 1. The first kappa shape index (κ1) is 17.5. The molecule has 7 heteroatoms. The van der Waals surface area contributed by atoms with E-state index < -0.39 is 21.5 Å². The van der Waals surface area contributed by atoms with Gasteiger partial charge in [-0.1, -0.05) is 13.8 Å². The van der Waals surface area contributed by atoms with Crippen LogP contribution in [0.25, 0.3) is 0 Å². The maximum Gasteiger partial charge on any atom is 0.337 e. The number of esters is 1. The Balaban J connectivity index is 3.18. The molecule has 0 bridgehead atoms. The molecule has 0 aliphatic heterocycles. The van der Waals surface area contributed by atoms with Crippen LogP contribution in [0.15, 0.2) is 23.1 Å². The molecule has 0 aliphatic carbocycles. The normalized spacial score (nSPS) is 12.2. The number of methoxy groups -OCH3 is 1. The topological polar surface area (TPSA) is 98.5 Å². The summed E-state index contributed by atoms with van der Waals surface area (Å²) in [4.78, 5) is 11.4. The molecule has 0 amide bonds. The van der Waals surface area contributed by atoms with Crippen molar-refractivity contribution >= 4 is 21.7 Å². The van der Waals surface area contributed by atoms with Crippen molar-refractivity contribution in [2.75, 3.05) is 12.8 Å². The number of carbonyl (C=O) groups is 1. The van der Waals surface area contributed by atoms with E-state index in [-0.39, 0.29) is 16.1 Å². The molecule has 0 unspecified atom stereocenters. The number of benzene rings is 1. The molecule has 0 aromatic heterocycles. The average molecular weight is 314 g/mol. The molecule has 6 nitrogen and oxygen atoms in total. The number of nitrogens with two attached hydrogens (primary N) is 1. The van der Waals surface area contributed by atoms with Gasteiger partial charge in [-0.15, -0.1) is 0 Å². The first-order valence-electron chi connectivity index (χ1n) is 6.71. The molecular formula is C14H22N2O4S. The van der Waals surface area contributed by atoms with Crippen LogP contribution >= 0.6 is 0 Å². The quantitative estimate of drug-likeness (QED) is 0.617. The summed E-state index contributed by atoms with van der Waals surface area (Å²) < 4.78 is 32.1. The predicted molar refractivity (Wildman–Crippen MR) is 81.5 cm³/mol. The fraction of sp³-hybridized carbons (Fsp3) is 0.500. The van der Waals surface area contributed by atoms with Crippen molar-refractivity contribution in [3.63, 3.8) is 0 Å². The Morgan fingerprint density at radius 1 is 1.33 bits per heavy atom. The Morgan fingerprint density at radius 2 is 1.90 bits per heavy atom. The van der Waals surface area contributed by atoms with E-state index in [1.54, 1.807) is 0 Å². The van der Waals surface area contributed by atoms with E-state index in [9.17, 15) is 13.2 Å². The summed E-state index contributed by atoms with van der Waals surface area (Å²) in [6, 6.07) is 4.00. The van der Waals surface area contributed by atoms with Gasteiger partial charge < -0.3 is 10.5 Å². The minimum atomic E-state index is -3.75. The van der Waals surface area contributed by atoms with Gasteiger partial charge in [-0.2, -0.15) is 0 Å². The van der Waals surface area contributed by atoms with Gasteiger partial charge in [-0.3, -0.25) is 0 Å². The summed E-state index contributed by atoms with van der Waals surface area (Å²) in [5.41, 5.74) is 5.46. The molecule has 21 heavy (non-hydrogen) atoms. The molecule has 0 fully saturated rings. The van der Waals surface area contributed by atoms with Gasteiger partial charge in [-0.25, -0.2) is 17.9 Å². The van der Waals surface area contributed by atoms with Crippen LogP contribution in [-0.4, -0.2) is 27.0 Å². The van der Waals surface area contributed by atoms with Crippen molar-refractivity contribution < 1.29 is 17.9 Å². The van der Waals surface area contributed by atoms with Crippen molar-refractivity contribution in [1.29, 1.82) is 0 Å². The summed E-state index contributed by atoms with van der Waals surface area (Å²) in [5.74, 6) is -0.564. The van der Waals surface area contributed by atoms with Crippen LogP contribution < -0.4 is 10.5 Å². The number of nitrogens with one attached hydrogen (secondary N) is 1. The molecule has 118 valence electrons. The minimum Gasteiger partial charge on any atom is -0.465 e. The first-order valence-corrected chi connectivity index (χ1v) is 8.19. The van der Waals surface area contributed by atoms with Gasteiger partial charge in [0.25, 0.3) is 0 Å². The van der Waals surface area contributed by atoms with Crippen LogP contribution in [-0.2, 0) is 14.8 Å². The van der Waals surface area contributed by atoms with E-state index in [0.717, 1.165) is 0 Å². The van der Waals surface area contributed by atoms with Gasteiger partial charge >= 0.3 is 5.97 Å². The summed E-state index contributed by atoms with van der Waals surface area (Å²) in [7, 11) is -2.50. The van der Waals surface area contributed by atoms with E-state index in [0.29, 0.717) is 12.8 Å². The number of hydrogen-bond donors (Lipinski definition) is 2. The van der Waals surface area contributed by atoms with Gasteiger partial charge in [0.1, 0.15) is 4.90 Å². The van der Waals surface area contributed by atoms with Crippen LogP contribution in [0.5, 0.6) is 0 Å². The number of carbonyl (C=O) groups excluding carboxylic acids is 1. The molecule has 0 aliphatic rings. The van der Waals surface area contributed by atoms with E-state index >= 15 is 0 Å². The van der Waals surface area contributed by atoms with Gasteiger partial charge in [-0.05, 0) is 38.0 Å². The maximum absolute atomic E-state index is 12.4. The third kappa shape index (κ3) is 3.95. The Kier molecular flexibility index (Phi) is 5.36. The summed E-state index contributed by atoms with van der Waals surface area (Å²) in [6.45, 7) is 5.66. The van der Waals surface area contributed by atoms with Crippen LogP contribution in [0.4, 0.5) is 5.69 Å². The van der Waals surface area contributed by atoms with E-state index in [1.165, 1.54) is 25.3 Å². The molecule has 3 N–H and O–H groups in total. The molecule has 0 atom stereocenters. The van der Waals surface area contributed by atoms with Crippen molar-refractivity contribution in [2.45, 2.75) is 44.0 Å². The highest BCUT2D eigenvalue weighted by atomic mass is 32.2. The van der Waals surface area contributed by atoms with Gasteiger partial charge in [0.05, 0.1) is 18.4 Å². The Labute approximate surface area is 125 Å². The summed E-state index contributed by atoms with van der Waals surface area (Å²) in [6.07, 6.45) is 1.31. The maximum atomic E-state index is 12.4. The molecule has 1 aromatic rings. The van der Waals surface area contributed by atoms with Crippen molar-refractivity contribution in [3.05, 3.63) is 23.8 Å². The molecule has 1 aromatic carbocycles. The van der Waals surface area contributed by atoms with Crippen molar-refractivity contribution in [2.24, 2.45) is 0 Å². The molecule has 0 saturated carbocycles. The first-order chi connectivity index (χ1) is 9.69. The summed E-state index contributed by atoms with van der Waals surface area (Å²) in [5, 5.41) is 0. The second-order valence-corrected chi connectivity index (χ2v) is 6.77. The molecule has 0 heterocycles. The molecule has 0 radical (unpaired) electrons. The standard InChI is InChI=1S/C14H22N2O4S/c1-5-14(3,6-2)16-21(18,19)12-8-7-10(9-11(12)15)13(17)20-4/h7-9,16H,5-6,15H2,1-4H3. The van der Waals surface area contributed by atoms with E-state index in [2.05, 4.69) is 9.46 Å². The van der Waals surface area contributed by atoms with Crippen molar-refractivity contribution in [1.82, 2.24) is 4.72 Å². The minimum absolute atomic E-state index is 0.0138. The number of rotatable bonds is 6. The molecule has 0 saturated heterocycles. The predicted octanol–water partition coefficient (Wildman–Crippen LogP) is 1.91. The smallest absolute Gasteiger partial charge is 0.337 e. The Morgan fingerprint density at radius 3 is 2.33 bits per heavy atom. The van der Waals surface area contributed by atoms with Gasteiger partial charge in [0.2, 0.25) is 10.0 Å². The lowest BCUT2D eigenvalue weighted by atomic mass is 9.98. The third-order valence-electron chi connectivity index (χ3n) is 3.66.